The zero-order valence-corrected chi connectivity index (χ0v) is 13.0. The number of aromatic nitrogens is 1. The molecule has 0 bridgehead atoms. The van der Waals surface area contributed by atoms with Crippen molar-refractivity contribution in [3.8, 4) is 5.75 Å². The van der Waals surface area contributed by atoms with Gasteiger partial charge in [-0.15, -0.1) is 11.3 Å². The quantitative estimate of drug-likeness (QED) is 0.907. The highest BCUT2D eigenvalue weighted by atomic mass is 32.1. The fraction of sp³-hybridized carbons (Fsp3) is 0.200. The van der Waals surface area contributed by atoms with Crippen molar-refractivity contribution >= 4 is 28.6 Å². The second-order valence-electron chi connectivity index (χ2n) is 4.33. The van der Waals surface area contributed by atoms with Gasteiger partial charge in [-0.25, -0.2) is 9.78 Å². The molecule has 0 saturated carbocycles. The van der Waals surface area contributed by atoms with Crippen LogP contribution in [0.1, 0.15) is 16.1 Å². The van der Waals surface area contributed by atoms with Crippen LogP contribution >= 0.6 is 11.3 Å². The molecule has 1 aromatic heterocycles. The number of hydrogen-bond acceptors (Lipinski definition) is 4. The van der Waals surface area contributed by atoms with Crippen molar-refractivity contribution in [3.05, 3.63) is 46.6 Å². The summed E-state index contributed by atoms with van der Waals surface area (Å²) in [6.45, 7) is 3.88. The Bertz CT molecular complexity index is 645. The van der Waals surface area contributed by atoms with Gasteiger partial charge in [0.15, 0.2) is 5.13 Å². The van der Waals surface area contributed by atoms with E-state index in [1.54, 1.807) is 19.4 Å². The number of carbonyl (C=O) groups is 1. The normalized spacial score (nSPS) is 10.6. The van der Waals surface area contributed by atoms with Gasteiger partial charge < -0.3 is 10.1 Å². The predicted octanol–water partition coefficient (Wildman–Crippen LogP) is 3.56. The number of aryl methyl sites for hydroxylation is 2. The number of methoxy groups -OCH3 is 1. The van der Waals surface area contributed by atoms with Crippen LogP contribution in [0.25, 0.3) is 6.08 Å². The largest absolute Gasteiger partial charge is 0.496 e. The number of para-hydroxylation sites is 1. The summed E-state index contributed by atoms with van der Waals surface area (Å²) in [7, 11) is 1.61. The third-order valence-corrected chi connectivity index (χ3v) is 3.85. The van der Waals surface area contributed by atoms with E-state index in [1.807, 2.05) is 38.1 Å². The summed E-state index contributed by atoms with van der Waals surface area (Å²) in [5.74, 6) is 0.752. The fourth-order valence-electron chi connectivity index (χ4n) is 1.67. The lowest BCUT2D eigenvalue weighted by atomic mass is 10.2. The van der Waals surface area contributed by atoms with E-state index in [0.717, 1.165) is 21.9 Å². The number of nitrogens with one attached hydrogen (secondary N) is 2. The molecule has 5 nitrogen and oxygen atoms in total. The lowest BCUT2D eigenvalue weighted by Crippen LogP contribution is -2.23. The first-order valence-corrected chi connectivity index (χ1v) is 7.23. The number of amides is 2. The molecule has 2 rings (SSSR count). The van der Waals surface area contributed by atoms with Gasteiger partial charge in [-0.1, -0.05) is 18.2 Å². The maximum atomic E-state index is 11.7. The molecule has 0 aliphatic heterocycles. The third kappa shape index (κ3) is 4.06. The van der Waals surface area contributed by atoms with E-state index < -0.39 is 0 Å². The molecule has 0 spiro atoms. The molecule has 110 valence electrons. The Labute approximate surface area is 127 Å². The Balaban J connectivity index is 1.93. The van der Waals surface area contributed by atoms with Crippen LogP contribution < -0.4 is 15.4 Å². The van der Waals surface area contributed by atoms with Crippen LogP contribution in [0.5, 0.6) is 5.75 Å². The van der Waals surface area contributed by atoms with E-state index in [-0.39, 0.29) is 6.03 Å². The summed E-state index contributed by atoms with van der Waals surface area (Å²) in [6, 6.07) is 7.24. The molecule has 0 radical (unpaired) electrons. The van der Waals surface area contributed by atoms with E-state index in [2.05, 4.69) is 15.6 Å². The summed E-state index contributed by atoms with van der Waals surface area (Å²) in [5, 5.41) is 5.92. The van der Waals surface area contributed by atoms with Gasteiger partial charge in [-0.05, 0) is 26.0 Å². The first-order valence-electron chi connectivity index (χ1n) is 6.41. The smallest absolute Gasteiger partial charge is 0.325 e. The number of hydrogen-bond donors (Lipinski definition) is 2. The highest BCUT2D eigenvalue weighted by Crippen LogP contribution is 2.21. The zero-order chi connectivity index (χ0) is 15.2. The number of thiazole rings is 1. The maximum absolute atomic E-state index is 11.7. The number of rotatable bonds is 4. The van der Waals surface area contributed by atoms with Gasteiger partial charge in [0.05, 0.1) is 12.8 Å². The summed E-state index contributed by atoms with van der Waals surface area (Å²) in [6.07, 6.45) is 3.34. The topological polar surface area (TPSA) is 63.2 Å². The average Bonchev–Trinajstić information content (AvgIpc) is 2.77. The molecule has 2 amide bonds. The van der Waals surface area contributed by atoms with Gasteiger partial charge >= 0.3 is 6.03 Å². The van der Waals surface area contributed by atoms with E-state index >= 15 is 0 Å². The summed E-state index contributed by atoms with van der Waals surface area (Å²) in [4.78, 5) is 17.1. The number of nitrogens with zero attached hydrogens (tertiary/aromatic N) is 1. The van der Waals surface area contributed by atoms with E-state index in [9.17, 15) is 4.79 Å². The van der Waals surface area contributed by atoms with Crippen LogP contribution in [0, 0.1) is 13.8 Å². The van der Waals surface area contributed by atoms with E-state index in [4.69, 9.17) is 4.74 Å². The third-order valence-electron chi connectivity index (χ3n) is 2.87. The minimum atomic E-state index is -0.324. The molecule has 2 aromatic rings. The van der Waals surface area contributed by atoms with Gasteiger partial charge in [-0.2, -0.15) is 0 Å². The standard InChI is InChI=1S/C15H17N3O2S/c1-10-11(2)21-15(17-10)18-14(19)16-9-8-12-6-4-5-7-13(12)20-3/h4-9H,1-3H3,(H2,16,17,18,19)/b9-8+. The maximum Gasteiger partial charge on any atom is 0.325 e. The van der Waals surface area contributed by atoms with Crippen molar-refractivity contribution in [3.63, 3.8) is 0 Å². The SMILES string of the molecule is COc1ccccc1/C=C/NC(=O)Nc1nc(C)c(C)s1. The van der Waals surface area contributed by atoms with Crippen LogP contribution in [-0.4, -0.2) is 18.1 Å². The van der Waals surface area contributed by atoms with Gasteiger partial charge in [0.2, 0.25) is 0 Å². The molecule has 1 aromatic carbocycles. The van der Waals surface area contributed by atoms with Crippen LogP contribution in [0.4, 0.5) is 9.93 Å². The Hall–Kier alpha value is -2.34. The van der Waals surface area contributed by atoms with Gasteiger partial charge in [0.1, 0.15) is 5.75 Å². The van der Waals surface area contributed by atoms with Crippen LogP contribution in [0.3, 0.4) is 0 Å². The number of anilines is 1. The molecular weight excluding hydrogens is 286 g/mol. The van der Waals surface area contributed by atoms with E-state index in [1.165, 1.54) is 11.3 Å². The van der Waals surface area contributed by atoms with E-state index in [0.29, 0.717) is 5.13 Å². The monoisotopic (exact) mass is 303 g/mol. The molecule has 0 atom stereocenters. The summed E-state index contributed by atoms with van der Waals surface area (Å²) in [5.41, 5.74) is 1.82. The van der Waals surface area contributed by atoms with Crippen LogP contribution in [0.15, 0.2) is 30.5 Å². The molecule has 0 fully saturated rings. The van der Waals surface area contributed by atoms with Gasteiger partial charge in [-0.3, -0.25) is 5.32 Å². The summed E-state index contributed by atoms with van der Waals surface area (Å²) < 4.78 is 5.23. The average molecular weight is 303 g/mol. The van der Waals surface area contributed by atoms with Gasteiger partial charge in [0, 0.05) is 16.6 Å². The number of benzene rings is 1. The van der Waals surface area contributed by atoms with Crippen molar-refractivity contribution < 1.29 is 9.53 Å². The number of urea groups is 1. The Morgan fingerprint density at radius 2 is 2.10 bits per heavy atom. The number of ether oxygens (including phenoxy) is 1. The molecule has 1 heterocycles. The molecular formula is C15H17N3O2S. The molecule has 2 N–H and O–H groups in total. The first kappa shape index (κ1) is 15.1. The predicted molar refractivity (Wildman–Crippen MR) is 85.8 cm³/mol. The van der Waals surface area contributed by atoms with Crippen molar-refractivity contribution in [2.75, 3.05) is 12.4 Å². The number of carbonyl (C=O) groups excluding carboxylic acids is 1. The molecule has 0 unspecified atom stereocenters. The van der Waals surface area contributed by atoms with Gasteiger partial charge in [0.25, 0.3) is 0 Å². The lowest BCUT2D eigenvalue weighted by molar-refractivity contribution is 0.255. The Morgan fingerprint density at radius 3 is 2.76 bits per heavy atom. The molecule has 0 aliphatic rings. The van der Waals surface area contributed by atoms with Crippen LogP contribution in [0.2, 0.25) is 0 Å². The highest BCUT2D eigenvalue weighted by Gasteiger charge is 2.06. The second kappa shape index (κ2) is 6.90. The first-order chi connectivity index (χ1) is 10.1. The lowest BCUT2D eigenvalue weighted by Gasteiger charge is -2.04. The minimum Gasteiger partial charge on any atom is -0.496 e. The highest BCUT2D eigenvalue weighted by molar-refractivity contribution is 7.15. The Kier molecular flexibility index (Phi) is 4.94. The molecule has 0 saturated heterocycles. The molecule has 0 aliphatic carbocycles. The van der Waals surface area contributed by atoms with Crippen LogP contribution in [-0.2, 0) is 0 Å². The fourth-order valence-corrected chi connectivity index (χ4v) is 2.48. The summed E-state index contributed by atoms with van der Waals surface area (Å²) >= 11 is 1.45. The molecule has 6 heteroatoms. The van der Waals surface area contributed by atoms with Crippen molar-refractivity contribution in [2.45, 2.75) is 13.8 Å². The van der Waals surface area contributed by atoms with Crippen molar-refractivity contribution in [2.24, 2.45) is 0 Å². The van der Waals surface area contributed by atoms with Crippen molar-refractivity contribution in [1.82, 2.24) is 10.3 Å². The minimum absolute atomic E-state index is 0.324. The van der Waals surface area contributed by atoms with Crippen molar-refractivity contribution in [1.29, 1.82) is 0 Å². The second-order valence-corrected chi connectivity index (χ2v) is 5.54. The zero-order valence-electron chi connectivity index (χ0n) is 12.1. The molecule has 21 heavy (non-hydrogen) atoms. The Morgan fingerprint density at radius 1 is 1.33 bits per heavy atom.